The van der Waals surface area contributed by atoms with Crippen LogP contribution in [0.15, 0.2) is 30.3 Å². The van der Waals surface area contributed by atoms with E-state index in [4.69, 9.17) is 18.0 Å². The molecule has 0 aromatic heterocycles. The molecule has 18 heavy (non-hydrogen) atoms. The number of benzene rings is 1. The van der Waals surface area contributed by atoms with Crippen LogP contribution in [0.2, 0.25) is 0 Å². The molecule has 0 saturated carbocycles. The predicted molar refractivity (Wildman–Crippen MR) is 80.9 cm³/mol. The van der Waals surface area contributed by atoms with Gasteiger partial charge in [-0.3, -0.25) is 4.90 Å². The highest BCUT2D eigenvalue weighted by Gasteiger charge is 2.26. The zero-order chi connectivity index (χ0) is 13.0. The average molecular weight is 262 g/mol. The summed E-state index contributed by atoms with van der Waals surface area (Å²) in [6.45, 7) is 4.42. The van der Waals surface area contributed by atoms with Gasteiger partial charge in [0.15, 0.2) is 0 Å². The van der Waals surface area contributed by atoms with Gasteiger partial charge < -0.3 is 5.73 Å². The summed E-state index contributed by atoms with van der Waals surface area (Å²) in [6.07, 6.45) is 3.84. The van der Waals surface area contributed by atoms with E-state index in [-0.39, 0.29) is 5.92 Å². The van der Waals surface area contributed by atoms with Gasteiger partial charge in [-0.15, -0.1) is 0 Å². The lowest BCUT2D eigenvalue weighted by Crippen LogP contribution is -2.36. The quantitative estimate of drug-likeness (QED) is 0.827. The fraction of sp³-hybridized carbons (Fsp3) is 0.533. The van der Waals surface area contributed by atoms with Crippen molar-refractivity contribution in [2.75, 3.05) is 13.1 Å². The normalized spacial score (nSPS) is 21.9. The summed E-state index contributed by atoms with van der Waals surface area (Å²) in [5, 5.41) is 0. The molecule has 3 heteroatoms. The molecule has 1 aromatic carbocycles. The van der Waals surface area contributed by atoms with Crippen molar-refractivity contribution in [1.29, 1.82) is 0 Å². The Morgan fingerprint density at radius 3 is 2.78 bits per heavy atom. The van der Waals surface area contributed by atoms with E-state index in [1.807, 2.05) is 6.07 Å². The Morgan fingerprint density at radius 1 is 1.44 bits per heavy atom. The Kier molecular flexibility index (Phi) is 4.72. The smallest absolute Gasteiger partial charge is 0.0816 e. The van der Waals surface area contributed by atoms with Gasteiger partial charge >= 0.3 is 0 Å². The predicted octanol–water partition coefficient (Wildman–Crippen LogP) is 2.93. The van der Waals surface area contributed by atoms with E-state index in [0.29, 0.717) is 11.0 Å². The first kappa shape index (κ1) is 13.5. The van der Waals surface area contributed by atoms with Gasteiger partial charge in [-0.1, -0.05) is 49.5 Å². The summed E-state index contributed by atoms with van der Waals surface area (Å²) in [7, 11) is 0. The monoisotopic (exact) mass is 262 g/mol. The van der Waals surface area contributed by atoms with E-state index >= 15 is 0 Å². The second kappa shape index (κ2) is 6.30. The maximum atomic E-state index is 5.94. The molecule has 1 saturated heterocycles. The van der Waals surface area contributed by atoms with E-state index < -0.39 is 0 Å². The van der Waals surface area contributed by atoms with Crippen LogP contribution in [0.5, 0.6) is 0 Å². The molecule has 1 aromatic rings. The third-order valence-corrected chi connectivity index (χ3v) is 4.22. The standard InChI is InChI=1S/C15H22N2S/c1-2-13-9-6-10-17(13)11-14(15(16)18)12-7-4-3-5-8-12/h3-5,7-8,13-14H,2,6,9-11H2,1H3,(H2,16,18). The largest absolute Gasteiger partial charge is 0.393 e. The molecule has 1 heterocycles. The van der Waals surface area contributed by atoms with E-state index in [0.717, 1.165) is 6.54 Å². The number of thiocarbonyl (C=S) groups is 1. The van der Waals surface area contributed by atoms with Gasteiger partial charge in [0.25, 0.3) is 0 Å². The van der Waals surface area contributed by atoms with Crippen molar-refractivity contribution in [3.8, 4) is 0 Å². The number of nitrogens with zero attached hydrogens (tertiary/aromatic N) is 1. The van der Waals surface area contributed by atoms with Gasteiger partial charge in [0.05, 0.1) is 4.99 Å². The number of hydrogen-bond acceptors (Lipinski definition) is 2. The third kappa shape index (κ3) is 3.09. The van der Waals surface area contributed by atoms with Gasteiger partial charge in [0.1, 0.15) is 0 Å². The van der Waals surface area contributed by atoms with Crippen LogP contribution in [0.1, 0.15) is 37.7 Å². The minimum Gasteiger partial charge on any atom is -0.393 e. The van der Waals surface area contributed by atoms with Gasteiger partial charge in [-0.05, 0) is 31.4 Å². The number of hydrogen-bond donors (Lipinski definition) is 1. The maximum Gasteiger partial charge on any atom is 0.0816 e. The highest BCUT2D eigenvalue weighted by Crippen LogP contribution is 2.25. The molecule has 2 atom stereocenters. The Balaban J connectivity index is 2.10. The van der Waals surface area contributed by atoms with Crippen molar-refractivity contribution >= 4 is 17.2 Å². The molecule has 0 radical (unpaired) electrons. The van der Waals surface area contributed by atoms with Crippen molar-refractivity contribution in [2.24, 2.45) is 5.73 Å². The molecule has 2 N–H and O–H groups in total. The highest BCUT2D eigenvalue weighted by atomic mass is 32.1. The molecule has 2 rings (SSSR count). The van der Waals surface area contributed by atoms with E-state index in [1.54, 1.807) is 0 Å². The summed E-state index contributed by atoms with van der Waals surface area (Å²) in [6, 6.07) is 11.1. The fourth-order valence-corrected chi connectivity index (χ4v) is 3.09. The van der Waals surface area contributed by atoms with Gasteiger partial charge in [0.2, 0.25) is 0 Å². The summed E-state index contributed by atoms with van der Waals surface area (Å²) >= 11 is 5.26. The molecule has 2 unspecified atom stereocenters. The molecule has 0 amide bonds. The van der Waals surface area contributed by atoms with Crippen molar-refractivity contribution < 1.29 is 0 Å². The van der Waals surface area contributed by atoms with Crippen LogP contribution in [0.4, 0.5) is 0 Å². The fourth-order valence-electron chi connectivity index (χ4n) is 2.88. The van der Waals surface area contributed by atoms with Crippen molar-refractivity contribution in [2.45, 2.75) is 38.1 Å². The molecule has 1 aliphatic rings. The lowest BCUT2D eigenvalue weighted by atomic mass is 9.98. The SMILES string of the molecule is CCC1CCCN1CC(C(N)=S)c1ccccc1. The van der Waals surface area contributed by atoms with Gasteiger partial charge in [0, 0.05) is 18.5 Å². The molecule has 0 aliphatic carbocycles. The Morgan fingerprint density at radius 2 is 2.17 bits per heavy atom. The van der Waals surface area contributed by atoms with E-state index in [2.05, 4.69) is 36.1 Å². The average Bonchev–Trinajstić information content (AvgIpc) is 2.83. The van der Waals surface area contributed by atoms with Crippen LogP contribution in [0.3, 0.4) is 0 Å². The van der Waals surface area contributed by atoms with E-state index in [1.165, 1.54) is 31.4 Å². The summed E-state index contributed by atoms with van der Waals surface area (Å²) < 4.78 is 0. The second-order valence-electron chi connectivity index (χ2n) is 5.06. The summed E-state index contributed by atoms with van der Waals surface area (Å²) in [4.78, 5) is 3.17. The van der Waals surface area contributed by atoms with Crippen LogP contribution in [-0.4, -0.2) is 29.0 Å². The lowest BCUT2D eigenvalue weighted by molar-refractivity contribution is 0.246. The molecule has 0 bridgehead atoms. The first-order chi connectivity index (χ1) is 8.72. The first-order valence-corrected chi connectivity index (χ1v) is 7.21. The molecule has 2 nitrogen and oxygen atoms in total. The first-order valence-electron chi connectivity index (χ1n) is 6.80. The Hall–Kier alpha value is -0.930. The number of likely N-dealkylation sites (tertiary alicyclic amines) is 1. The molecule has 1 fully saturated rings. The molecule has 1 aliphatic heterocycles. The van der Waals surface area contributed by atoms with Crippen LogP contribution in [-0.2, 0) is 0 Å². The third-order valence-electron chi connectivity index (χ3n) is 3.93. The zero-order valence-corrected chi connectivity index (χ0v) is 11.8. The van der Waals surface area contributed by atoms with E-state index in [9.17, 15) is 0 Å². The maximum absolute atomic E-state index is 5.94. The van der Waals surface area contributed by atoms with Crippen LogP contribution < -0.4 is 5.73 Å². The van der Waals surface area contributed by atoms with Crippen molar-refractivity contribution in [1.82, 2.24) is 4.90 Å². The molecular formula is C15H22N2S. The van der Waals surface area contributed by atoms with Gasteiger partial charge in [-0.25, -0.2) is 0 Å². The Labute approximate surface area is 115 Å². The van der Waals surface area contributed by atoms with Crippen molar-refractivity contribution in [3.63, 3.8) is 0 Å². The molecular weight excluding hydrogens is 240 g/mol. The lowest BCUT2D eigenvalue weighted by Gasteiger charge is -2.28. The number of nitrogens with two attached hydrogens (primary N) is 1. The Bertz CT molecular complexity index is 391. The summed E-state index contributed by atoms with van der Waals surface area (Å²) in [5.41, 5.74) is 7.18. The highest BCUT2D eigenvalue weighted by molar-refractivity contribution is 7.80. The topological polar surface area (TPSA) is 29.3 Å². The van der Waals surface area contributed by atoms with Crippen LogP contribution in [0.25, 0.3) is 0 Å². The molecule has 98 valence electrons. The minimum absolute atomic E-state index is 0.188. The van der Waals surface area contributed by atoms with Crippen LogP contribution in [0, 0.1) is 0 Å². The second-order valence-corrected chi connectivity index (χ2v) is 5.54. The van der Waals surface area contributed by atoms with Gasteiger partial charge in [-0.2, -0.15) is 0 Å². The van der Waals surface area contributed by atoms with Crippen LogP contribution >= 0.6 is 12.2 Å². The van der Waals surface area contributed by atoms with Crippen molar-refractivity contribution in [3.05, 3.63) is 35.9 Å². The summed E-state index contributed by atoms with van der Waals surface area (Å²) in [5.74, 6) is 0.188. The number of rotatable bonds is 5. The minimum atomic E-state index is 0.188. The zero-order valence-electron chi connectivity index (χ0n) is 11.0. The molecule has 0 spiro atoms.